The minimum Gasteiger partial charge on any atom is -0.305 e. The van der Waals surface area contributed by atoms with Crippen LogP contribution in [0.5, 0.6) is 0 Å². The van der Waals surface area contributed by atoms with Gasteiger partial charge in [-0.15, -0.1) is 0 Å². The lowest BCUT2D eigenvalue weighted by Gasteiger charge is -2.02. The van der Waals surface area contributed by atoms with Crippen molar-refractivity contribution >= 4 is 5.71 Å². The molecular weight excluding hydrogens is 122 g/mol. The molecule has 0 aromatic heterocycles. The fourth-order valence-corrected chi connectivity index (χ4v) is 0.954. The van der Waals surface area contributed by atoms with Crippen LogP contribution < -0.4 is 0 Å². The van der Waals surface area contributed by atoms with Crippen LogP contribution in [0.4, 0.5) is 0 Å². The molecule has 0 amide bonds. The highest BCUT2D eigenvalue weighted by Crippen LogP contribution is 2.05. The summed E-state index contributed by atoms with van der Waals surface area (Å²) in [6, 6.07) is 0. The van der Waals surface area contributed by atoms with Gasteiger partial charge in [0, 0.05) is 5.71 Å². The van der Waals surface area contributed by atoms with E-state index in [0.29, 0.717) is 0 Å². The predicted octanol–water partition coefficient (Wildman–Crippen LogP) is 3.16. The molecule has 0 atom stereocenters. The third kappa shape index (κ3) is 2.81. The summed E-state index contributed by atoms with van der Waals surface area (Å²) in [5.41, 5.74) is 2.01. The number of rotatable bonds is 4. The standard InChI is InChI=1S/C9H17N/c1-4-7-8(5-2)9(10)6-3/h7,10H,4-6H2,1-3H3. The van der Waals surface area contributed by atoms with Crippen molar-refractivity contribution in [1.82, 2.24) is 0 Å². The molecule has 1 N–H and O–H groups in total. The highest BCUT2D eigenvalue weighted by Gasteiger charge is 1.97. The average molecular weight is 139 g/mol. The van der Waals surface area contributed by atoms with Crippen LogP contribution in [0.2, 0.25) is 0 Å². The molecule has 0 spiro atoms. The van der Waals surface area contributed by atoms with Crippen molar-refractivity contribution in [1.29, 1.82) is 5.41 Å². The van der Waals surface area contributed by atoms with Crippen molar-refractivity contribution in [3.8, 4) is 0 Å². The number of allylic oxidation sites excluding steroid dienone is 2. The van der Waals surface area contributed by atoms with Crippen LogP contribution in [0.3, 0.4) is 0 Å². The van der Waals surface area contributed by atoms with Crippen LogP contribution in [0, 0.1) is 5.41 Å². The lowest BCUT2D eigenvalue weighted by Crippen LogP contribution is -1.97. The molecule has 0 rings (SSSR count). The third-order valence-electron chi connectivity index (χ3n) is 1.57. The fraction of sp³-hybridized carbons (Fsp3) is 0.667. The quantitative estimate of drug-likeness (QED) is 0.578. The molecule has 0 fully saturated rings. The first-order valence-corrected chi connectivity index (χ1v) is 4.03. The first-order valence-electron chi connectivity index (χ1n) is 4.03. The monoisotopic (exact) mass is 139 g/mol. The summed E-state index contributed by atoms with van der Waals surface area (Å²) in [4.78, 5) is 0. The summed E-state index contributed by atoms with van der Waals surface area (Å²) < 4.78 is 0. The second-order valence-electron chi connectivity index (χ2n) is 2.32. The van der Waals surface area contributed by atoms with Crippen LogP contribution in [0.1, 0.15) is 40.0 Å². The molecule has 0 aromatic carbocycles. The molecule has 0 radical (unpaired) electrons. The first kappa shape index (κ1) is 9.41. The second kappa shape index (κ2) is 5.21. The zero-order valence-corrected chi connectivity index (χ0v) is 7.20. The van der Waals surface area contributed by atoms with E-state index in [0.717, 1.165) is 25.0 Å². The zero-order chi connectivity index (χ0) is 7.98. The van der Waals surface area contributed by atoms with Gasteiger partial charge in [0.15, 0.2) is 0 Å². The van der Waals surface area contributed by atoms with Crippen molar-refractivity contribution in [2.75, 3.05) is 0 Å². The van der Waals surface area contributed by atoms with Gasteiger partial charge >= 0.3 is 0 Å². The largest absolute Gasteiger partial charge is 0.305 e. The van der Waals surface area contributed by atoms with Crippen molar-refractivity contribution < 1.29 is 0 Å². The molecule has 0 saturated heterocycles. The highest BCUT2D eigenvalue weighted by molar-refractivity contribution is 5.97. The van der Waals surface area contributed by atoms with Crippen molar-refractivity contribution in [3.63, 3.8) is 0 Å². The number of nitrogens with one attached hydrogen (secondary N) is 1. The van der Waals surface area contributed by atoms with E-state index in [9.17, 15) is 0 Å². The molecule has 58 valence electrons. The Labute approximate surface area is 63.7 Å². The van der Waals surface area contributed by atoms with Gasteiger partial charge in [0.1, 0.15) is 0 Å². The molecule has 10 heavy (non-hydrogen) atoms. The zero-order valence-electron chi connectivity index (χ0n) is 7.20. The molecular formula is C9H17N. The van der Waals surface area contributed by atoms with Crippen LogP contribution in [-0.2, 0) is 0 Å². The molecule has 0 heterocycles. The van der Waals surface area contributed by atoms with Gasteiger partial charge in [-0.1, -0.05) is 26.8 Å². The van der Waals surface area contributed by atoms with Gasteiger partial charge in [0.2, 0.25) is 0 Å². The first-order chi connectivity index (χ1) is 4.76. The molecule has 0 aliphatic rings. The van der Waals surface area contributed by atoms with Gasteiger partial charge in [0.25, 0.3) is 0 Å². The number of hydrogen-bond acceptors (Lipinski definition) is 1. The minimum absolute atomic E-state index is 0.796. The SMILES string of the molecule is CCC=C(CC)C(=N)CC. The van der Waals surface area contributed by atoms with Gasteiger partial charge in [-0.05, 0) is 24.8 Å². The summed E-state index contributed by atoms with van der Waals surface area (Å²) in [6.45, 7) is 6.24. The maximum Gasteiger partial charge on any atom is 0.0339 e. The molecule has 0 unspecified atom stereocenters. The van der Waals surface area contributed by atoms with Gasteiger partial charge in [-0.2, -0.15) is 0 Å². The summed E-state index contributed by atoms with van der Waals surface area (Å²) in [5.74, 6) is 0. The van der Waals surface area contributed by atoms with E-state index in [1.54, 1.807) is 0 Å². The lowest BCUT2D eigenvalue weighted by molar-refractivity contribution is 1.08. The fourth-order valence-electron chi connectivity index (χ4n) is 0.954. The van der Waals surface area contributed by atoms with E-state index >= 15 is 0 Å². The third-order valence-corrected chi connectivity index (χ3v) is 1.57. The Balaban J connectivity index is 4.06. The topological polar surface area (TPSA) is 23.9 Å². The number of hydrogen-bond donors (Lipinski definition) is 1. The molecule has 1 heteroatoms. The molecule has 0 saturated carbocycles. The Hall–Kier alpha value is -0.590. The van der Waals surface area contributed by atoms with Gasteiger partial charge in [-0.25, -0.2) is 0 Å². The minimum atomic E-state index is 0.796. The molecule has 0 aliphatic heterocycles. The van der Waals surface area contributed by atoms with Crippen LogP contribution in [-0.4, -0.2) is 5.71 Å². The Morgan fingerprint density at radius 1 is 1.20 bits per heavy atom. The summed E-state index contributed by atoms with van der Waals surface area (Å²) in [7, 11) is 0. The summed E-state index contributed by atoms with van der Waals surface area (Å²) in [5, 5.41) is 7.53. The summed E-state index contributed by atoms with van der Waals surface area (Å²) in [6.07, 6.45) is 5.05. The maximum absolute atomic E-state index is 7.53. The highest BCUT2D eigenvalue weighted by atomic mass is 14.4. The Morgan fingerprint density at radius 3 is 2.10 bits per heavy atom. The van der Waals surface area contributed by atoms with E-state index in [-0.39, 0.29) is 0 Å². The summed E-state index contributed by atoms with van der Waals surface area (Å²) >= 11 is 0. The normalized spacial score (nSPS) is 11.7. The Morgan fingerprint density at radius 2 is 1.80 bits per heavy atom. The van der Waals surface area contributed by atoms with E-state index in [1.807, 2.05) is 6.92 Å². The predicted molar refractivity (Wildman–Crippen MR) is 46.7 cm³/mol. The molecule has 1 nitrogen and oxygen atoms in total. The van der Waals surface area contributed by atoms with Gasteiger partial charge in [-0.3, -0.25) is 0 Å². The van der Waals surface area contributed by atoms with Gasteiger partial charge in [0.05, 0.1) is 0 Å². The van der Waals surface area contributed by atoms with E-state index < -0.39 is 0 Å². The van der Waals surface area contributed by atoms with E-state index in [1.165, 1.54) is 5.57 Å². The second-order valence-corrected chi connectivity index (χ2v) is 2.32. The Kier molecular flexibility index (Phi) is 4.91. The van der Waals surface area contributed by atoms with Crippen LogP contribution >= 0.6 is 0 Å². The maximum atomic E-state index is 7.53. The Bertz CT molecular complexity index is 134. The smallest absolute Gasteiger partial charge is 0.0339 e. The van der Waals surface area contributed by atoms with Crippen LogP contribution in [0.25, 0.3) is 0 Å². The van der Waals surface area contributed by atoms with E-state index in [4.69, 9.17) is 5.41 Å². The molecule has 0 aromatic rings. The van der Waals surface area contributed by atoms with Crippen LogP contribution in [0.15, 0.2) is 11.6 Å². The van der Waals surface area contributed by atoms with Gasteiger partial charge < -0.3 is 5.41 Å². The average Bonchev–Trinajstić information content (AvgIpc) is 1.99. The molecule has 0 aliphatic carbocycles. The molecule has 0 bridgehead atoms. The van der Waals surface area contributed by atoms with Crippen molar-refractivity contribution in [3.05, 3.63) is 11.6 Å². The van der Waals surface area contributed by atoms with Crippen molar-refractivity contribution in [2.24, 2.45) is 0 Å². The lowest BCUT2D eigenvalue weighted by atomic mass is 10.1. The van der Waals surface area contributed by atoms with Crippen molar-refractivity contribution in [2.45, 2.75) is 40.0 Å². The van der Waals surface area contributed by atoms with E-state index in [2.05, 4.69) is 19.9 Å².